The smallest absolute Gasteiger partial charge is 0.241 e. The van der Waals surface area contributed by atoms with E-state index in [9.17, 15) is 9.59 Å². The molecule has 2 nitrogen and oxygen atoms in total. The Morgan fingerprint density at radius 3 is 1.56 bits per heavy atom. The van der Waals surface area contributed by atoms with Crippen molar-refractivity contribution in [1.29, 1.82) is 0 Å². The second-order valence-electron chi connectivity index (χ2n) is 1.64. The van der Waals surface area contributed by atoms with Crippen molar-refractivity contribution in [3.63, 3.8) is 0 Å². The number of alkyl halides is 2. The molecule has 9 heavy (non-hydrogen) atoms. The first kappa shape index (κ1) is 6.78. The van der Waals surface area contributed by atoms with Crippen LogP contribution in [0, 0.1) is 0 Å². The maximum atomic E-state index is 10.5. The predicted molar refractivity (Wildman–Crippen MR) is 33.6 cm³/mol. The summed E-state index contributed by atoms with van der Waals surface area (Å²) in [4.78, 5) is 21.1. The zero-order chi connectivity index (χ0) is 7.07. The molecule has 0 aromatic rings. The molecule has 48 valence electrons. The minimum atomic E-state index is -1.83. The molecule has 0 heterocycles. The van der Waals surface area contributed by atoms with Gasteiger partial charge in [-0.1, -0.05) is 23.2 Å². The lowest BCUT2D eigenvalue weighted by Crippen LogP contribution is -2.27. The maximum absolute atomic E-state index is 10.5. The van der Waals surface area contributed by atoms with E-state index < -0.39 is 15.9 Å². The fourth-order valence-electron chi connectivity index (χ4n) is 0.482. The zero-order valence-electron chi connectivity index (χ0n) is 4.23. The zero-order valence-corrected chi connectivity index (χ0v) is 5.74. The standard InChI is InChI=1S/C5H2Cl2O2/c6-5(7)3(8)1-2-4(5)9/h1-2H. The van der Waals surface area contributed by atoms with Gasteiger partial charge in [0.1, 0.15) is 0 Å². The molecule has 4 heteroatoms. The minimum absolute atomic E-state index is 0.559. The van der Waals surface area contributed by atoms with Crippen molar-refractivity contribution in [2.45, 2.75) is 4.33 Å². The van der Waals surface area contributed by atoms with Crippen molar-refractivity contribution >= 4 is 34.8 Å². The molecule has 0 atom stereocenters. The Kier molecular flexibility index (Phi) is 1.37. The van der Waals surface area contributed by atoms with Gasteiger partial charge in [-0.15, -0.1) is 0 Å². The summed E-state index contributed by atoms with van der Waals surface area (Å²) in [6.45, 7) is 0. The van der Waals surface area contributed by atoms with Gasteiger partial charge >= 0.3 is 0 Å². The summed E-state index contributed by atoms with van der Waals surface area (Å²) >= 11 is 10.5. The quantitative estimate of drug-likeness (QED) is 0.394. The molecule has 1 aliphatic rings. The van der Waals surface area contributed by atoms with E-state index in [0.717, 1.165) is 12.2 Å². The third-order valence-corrected chi connectivity index (χ3v) is 1.75. The molecule has 0 saturated carbocycles. The number of rotatable bonds is 0. The van der Waals surface area contributed by atoms with Gasteiger partial charge in [-0.05, 0) is 12.2 Å². The maximum Gasteiger partial charge on any atom is 0.241 e. The van der Waals surface area contributed by atoms with Crippen molar-refractivity contribution in [2.75, 3.05) is 0 Å². The van der Waals surface area contributed by atoms with Gasteiger partial charge in [0.15, 0.2) is 11.6 Å². The van der Waals surface area contributed by atoms with Crippen LogP contribution in [0.1, 0.15) is 0 Å². The first-order valence-electron chi connectivity index (χ1n) is 2.20. The van der Waals surface area contributed by atoms with E-state index in [0.29, 0.717) is 0 Å². The van der Waals surface area contributed by atoms with E-state index in [1.54, 1.807) is 0 Å². The molecule has 0 N–H and O–H groups in total. The molecule has 0 unspecified atom stereocenters. The molecule has 0 amide bonds. The van der Waals surface area contributed by atoms with E-state index >= 15 is 0 Å². The Balaban J connectivity index is 3.02. The molecular weight excluding hydrogens is 163 g/mol. The van der Waals surface area contributed by atoms with Gasteiger partial charge in [-0.25, -0.2) is 0 Å². The predicted octanol–water partition coefficient (Wildman–Crippen LogP) is 0.868. The summed E-state index contributed by atoms with van der Waals surface area (Å²) in [6, 6.07) is 0. The monoisotopic (exact) mass is 164 g/mol. The van der Waals surface area contributed by atoms with Crippen LogP contribution in [0.4, 0.5) is 0 Å². The second kappa shape index (κ2) is 1.82. The van der Waals surface area contributed by atoms with E-state index in [4.69, 9.17) is 23.2 Å². The molecule has 0 aromatic carbocycles. The SMILES string of the molecule is O=C1C=CC(=O)C1(Cl)Cl. The summed E-state index contributed by atoms with van der Waals surface area (Å²) in [5, 5.41) is 0. The average molecular weight is 165 g/mol. The highest BCUT2D eigenvalue weighted by Crippen LogP contribution is 2.28. The third kappa shape index (κ3) is 0.884. The fourth-order valence-corrected chi connectivity index (χ4v) is 0.734. The van der Waals surface area contributed by atoms with Crippen LogP contribution in [-0.2, 0) is 9.59 Å². The first-order valence-corrected chi connectivity index (χ1v) is 2.95. The van der Waals surface area contributed by atoms with Crippen molar-refractivity contribution in [3.05, 3.63) is 12.2 Å². The van der Waals surface area contributed by atoms with Gasteiger partial charge in [-0.2, -0.15) is 0 Å². The lowest BCUT2D eigenvalue weighted by Gasteiger charge is -2.04. The summed E-state index contributed by atoms with van der Waals surface area (Å²) in [5.74, 6) is -1.12. The number of halogens is 2. The molecular formula is C5H2Cl2O2. The number of carbonyl (C=O) groups excluding carboxylic acids is 2. The Morgan fingerprint density at radius 1 is 1.11 bits per heavy atom. The van der Waals surface area contributed by atoms with Gasteiger partial charge in [0.05, 0.1) is 0 Å². The summed E-state index contributed by atoms with van der Waals surface area (Å²) in [6.07, 6.45) is 2.14. The Morgan fingerprint density at radius 2 is 1.44 bits per heavy atom. The Labute approximate surface area is 61.4 Å². The van der Waals surface area contributed by atoms with Crippen LogP contribution in [0.5, 0.6) is 0 Å². The molecule has 0 aliphatic heterocycles. The van der Waals surface area contributed by atoms with Crippen molar-refractivity contribution < 1.29 is 9.59 Å². The molecule has 0 spiro atoms. The van der Waals surface area contributed by atoms with Crippen molar-refractivity contribution in [1.82, 2.24) is 0 Å². The molecule has 0 saturated heterocycles. The van der Waals surface area contributed by atoms with Crippen LogP contribution in [0.3, 0.4) is 0 Å². The van der Waals surface area contributed by atoms with E-state index in [-0.39, 0.29) is 0 Å². The lowest BCUT2D eigenvalue weighted by atomic mass is 10.3. The minimum Gasteiger partial charge on any atom is -0.291 e. The van der Waals surface area contributed by atoms with Crippen LogP contribution in [0.15, 0.2) is 12.2 Å². The van der Waals surface area contributed by atoms with Gasteiger partial charge in [-0.3, -0.25) is 9.59 Å². The normalized spacial score (nSPS) is 23.3. The fraction of sp³-hybridized carbons (Fsp3) is 0.200. The Bertz CT molecular complexity index is 185. The third-order valence-electron chi connectivity index (χ3n) is 1.01. The average Bonchev–Trinajstić information content (AvgIpc) is 1.96. The number of ketones is 2. The van der Waals surface area contributed by atoms with Crippen LogP contribution < -0.4 is 0 Å². The van der Waals surface area contributed by atoms with Crippen molar-refractivity contribution in [2.24, 2.45) is 0 Å². The van der Waals surface area contributed by atoms with Crippen molar-refractivity contribution in [3.8, 4) is 0 Å². The molecule has 1 aliphatic carbocycles. The highest BCUT2D eigenvalue weighted by molar-refractivity contribution is 6.71. The number of hydrogen-bond acceptors (Lipinski definition) is 2. The number of carbonyl (C=O) groups is 2. The van der Waals surface area contributed by atoms with Crippen LogP contribution >= 0.6 is 23.2 Å². The highest BCUT2D eigenvalue weighted by atomic mass is 35.5. The summed E-state index contributed by atoms with van der Waals surface area (Å²) in [7, 11) is 0. The van der Waals surface area contributed by atoms with Crippen LogP contribution in [0.25, 0.3) is 0 Å². The van der Waals surface area contributed by atoms with Gasteiger partial charge in [0, 0.05) is 0 Å². The van der Waals surface area contributed by atoms with Gasteiger partial charge in [0.2, 0.25) is 4.33 Å². The first-order chi connectivity index (χ1) is 4.05. The van der Waals surface area contributed by atoms with Gasteiger partial charge < -0.3 is 0 Å². The lowest BCUT2D eigenvalue weighted by molar-refractivity contribution is -0.121. The molecule has 1 rings (SSSR count). The van der Waals surface area contributed by atoms with Crippen LogP contribution in [-0.4, -0.2) is 15.9 Å². The van der Waals surface area contributed by atoms with E-state index in [1.165, 1.54) is 0 Å². The number of hydrogen-bond donors (Lipinski definition) is 0. The van der Waals surface area contributed by atoms with E-state index in [2.05, 4.69) is 0 Å². The highest BCUT2D eigenvalue weighted by Gasteiger charge is 2.42. The topological polar surface area (TPSA) is 34.1 Å². The second-order valence-corrected chi connectivity index (χ2v) is 2.96. The molecule has 0 bridgehead atoms. The summed E-state index contributed by atoms with van der Waals surface area (Å²) < 4.78 is -1.83. The summed E-state index contributed by atoms with van der Waals surface area (Å²) in [5.41, 5.74) is 0. The molecule has 0 aromatic heterocycles. The van der Waals surface area contributed by atoms with Crippen LogP contribution in [0.2, 0.25) is 0 Å². The van der Waals surface area contributed by atoms with E-state index in [1.807, 2.05) is 0 Å². The molecule has 0 radical (unpaired) electrons. The molecule has 0 fully saturated rings. The largest absolute Gasteiger partial charge is 0.291 e. The number of allylic oxidation sites excluding steroid dienone is 2. The Hall–Kier alpha value is -0.340. The van der Waals surface area contributed by atoms with Gasteiger partial charge in [0.25, 0.3) is 0 Å².